The Balaban J connectivity index is 2.21. The number of rotatable bonds is 7. The van der Waals surface area contributed by atoms with E-state index in [2.05, 4.69) is 19.2 Å². The predicted octanol–water partition coefficient (Wildman–Crippen LogP) is 2.14. The second kappa shape index (κ2) is 7.88. The van der Waals surface area contributed by atoms with Crippen LogP contribution in [0.15, 0.2) is 30.3 Å². The molecule has 0 aliphatic heterocycles. The van der Waals surface area contributed by atoms with E-state index in [9.17, 15) is 9.90 Å². The van der Waals surface area contributed by atoms with Crippen LogP contribution in [0.25, 0.3) is 0 Å². The highest BCUT2D eigenvalue weighted by atomic mass is 16.3. The molecule has 0 aliphatic rings. The molecule has 1 aromatic carbocycles. The Morgan fingerprint density at radius 3 is 2.56 bits per heavy atom. The fourth-order valence-corrected chi connectivity index (χ4v) is 1.70. The minimum atomic E-state index is -0.518. The fourth-order valence-electron chi connectivity index (χ4n) is 1.70. The molecule has 0 aliphatic carbocycles. The monoisotopic (exact) mass is 249 g/mol. The largest absolute Gasteiger partial charge is 0.391 e. The molecule has 0 radical (unpaired) electrons. The summed E-state index contributed by atoms with van der Waals surface area (Å²) in [5, 5.41) is 12.6. The van der Waals surface area contributed by atoms with Gasteiger partial charge in [0.05, 0.1) is 6.10 Å². The minimum absolute atomic E-state index is 0.0239. The summed E-state index contributed by atoms with van der Waals surface area (Å²) < 4.78 is 0. The average Bonchev–Trinajstić information content (AvgIpc) is 2.35. The minimum Gasteiger partial charge on any atom is -0.391 e. The number of carbonyl (C=O) groups excluding carboxylic acids is 1. The second-order valence-corrected chi connectivity index (χ2v) is 5.08. The third-order valence-electron chi connectivity index (χ3n) is 2.80. The number of hydrogen-bond acceptors (Lipinski definition) is 2. The number of amides is 1. The summed E-state index contributed by atoms with van der Waals surface area (Å²) in [7, 11) is 0. The van der Waals surface area contributed by atoms with Gasteiger partial charge in [-0.3, -0.25) is 4.79 Å². The molecule has 18 heavy (non-hydrogen) atoms. The molecule has 0 fully saturated rings. The van der Waals surface area contributed by atoms with Crippen molar-refractivity contribution in [3.8, 4) is 0 Å². The zero-order valence-corrected chi connectivity index (χ0v) is 11.2. The van der Waals surface area contributed by atoms with Crippen LogP contribution < -0.4 is 5.32 Å². The van der Waals surface area contributed by atoms with Gasteiger partial charge in [0.1, 0.15) is 0 Å². The van der Waals surface area contributed by atoms with E-state index in [0.717, 1.165) is 12.0 Å². The molecular formula is C15H23NO2. The molecule has 3 nitrogen and oxygen atoms in total. The van der Waals surface area contributed by atoms with Gasteiger partial charge in [0.2, 0.25) is 5.91 Å². The zero-order chi connectivity index (χ0) is 13.4. The highest BCUT2D eigenvalue weighted by Crippen LogP contribution is 2.04. The quantitative estimate of drug-likeness (QED) is 0.778. The third kappa shape index (κ3) is 6.40. The lowest BCUT2D eigenvalue weighted by atomic mass is 10.1. The summed E-state index contributed by atoms with van der Waals surface area (Å²) in [4.78, 5) is 11.5. The normalized spacial score (nSPS) is 12.4. The molecule has 1 rings (SSSR count). The Hall–Kier alpha value is -1.35. The first-order valence-electron chi connectivity index (χ1n) is 6.56. The molecule has 2 N–H and O–H groups in total. The van der Waals surface area contributed by atoms with Crippen LogP contribution in [0.2, 0.25) is 0 Å². The van der Waals surface area contributed by atoms with Crippen LogP contribution in [0.1, 0.15) is 32.3 Å². The van der Waals surface area contributed by atoms with Crippen molar-refractivity contribution in [2.75, 3.05) is 6.54 Å². The van der Waals surface area contributed by atoms with Gasteiger partial charge in [-0.25, -0.2) is 0 Å². The van der Waals surface area contributed by atoms with Crippen molar-refractivity contribution in [1.82, 2.24) is 5.32 Å². The summed E-state index contributed by atoms with van der Waals surface area (Å²) in [5.41, 5.74) is 1.08. The second-order valence-electron chi connectivity index (χ2n) is 5.08. The van der Waals surface area contributed by atoms with Crippen LogP contribution >= 0.6 is 0 Å². The molecule has 0 saturated carbocycles. The van der Waals surface area contributed by atoms with Crippen LogP contribution in [0.5, 0.6) is 0 Å². The van der Waals surface area contributed by atoms with Crippen LogP contribution in [0.3, 0.4) is 0 Å². The molecule has 100 valence electrons. The van der Waals surface area contributed by atoms with Gasteiger partial charge in [-0.05, 0) is 17.9 Å². The van der Waals surface area contributed by atoms with Gasteiger partial charge in [-0.2, -0.15) is 0 Å². The molecular weight excluding hydrogens is 226 g/mol. The van der Waals surface area contributed by atoms with Crippen LogP contribution in [0.4, 0.5) is 0 Å². The Labute approximate surface area is 109 Å². The molecule has 1 atom stereocenters. The maximum Gasteiger partial charge on any atom is 0.220 e. The maximum absolute atomic E-state index is 11.5. The van der Waals surface area contributed by atoms with Gasteiger partial charge in [0.15, 0.2) is 0 Å². The van der Waals surface area contributed by atoms with E-state index in [4.69, 9.17) is 0 Å². The molecule has 1 aromatic rings. The van der Waals surface area contributed by atoms with Crippen molar-refractivity contribution in [1.29, 1.82) is 0 Å². The van der Waals surface area contributed by atoms with Crippen LogP contribution in [0, 0.1) is 5.92 Å². The molecule has 0 bridgehead atoms. The van der Waals surface area contributed by atoms with Gasteiger partial charge < -0.3 is 10.4 Å². The van der Waals surface area contributed by atoms with Crippen LogP contribution in [-0.4, -0.2) is 23.7 Å². The SMILES string of the molecule is CC(C)CCC(=O)NCC(O)Cc1ccccc1. The van der Waals surface area contributed by atoms with Gasteiger partial charge >= 0.3 is 0 Å². The number of nitrogens with one attached hydrogen (secondary N) is 1. The standard InChI is InChI=1S/C15H23NO2/c1-12(2)8-9-15(18)16-11-14(17)10-13-6-4-3-5-7-13/h3-7,12,14,17H,8-11H2,1-2H3,(H,16,18). The zero-order valence-electron chi connectivity index (χ0n) is 11.2. The Morgan fingerprint density at radius 1 is 1.28 bits per heavy atom. The van der Waals surface area contributed by atoms with Gasteiger partial charge in [-0.1, -0.05) is 44.2 Å². The number of benzene rings is 1. The molecule has 3 heteroatoms. The third-order valence-corrected chi connectivity index (χ3v) is 2.80. The Morgan fingerprint density at radius 2 is 1.94 bits per heavy atom. The van der Waals surface area contributed by atoms with E-state index >= 15 is 0 Å². The first kappa shape index (κ1) is 14.7. The van der Waals surface area contributed by atoms with E-state index in [1.165, 1.54) is 0 Å². The van der Waals surface area contributed by atoms with Gasteiger partial charge in [0, 0.05) is 19.4 Å². The van der Waals surface area contributed by atoms with Gasteiger partial charge in [-0.15, -0.1) is 0 Å². The maximum atomic E-state index is 11.5. The van der Waals surface area contributed by atoms with Gasteiger partial charge in [0.25, 0.3) is 0 Å². The Bertz CT molecular complexity index is 349. The van der Waals surface area contributed by atoms with E-state index < -0.39 is 6.10 Å². The summed E-state index contributed by atoms with van der Waals surface area (Å²) >= 11 is 0. The van der Waals surface area contributed by atoms with Crippen molar-refractivity contribution in [2.45, 2.75) is 39.2 Å². The summed E-state index contributed by atoms with van der Waals surface area (Å²) in [6.45, 7) is 4.51. The molecule has 0 saturated heterocycles. The topological polar surface area (TPSA) is 49.3 Å². The van der Waals surface area contributed by atoms with Crippen molar-refractivity contribution < 1.29 is 9.90 Å². The summed E-state index contributed by atoms with van der Waals surface area (Å²) in [6, 6.07) is 9.80. The number of aliphatic hydroxyl groups excluding tert-OH is 1. The average molecular weight is 249 g/mol. The van der Waals surface area contributed by atoms with E-state index in [1.54, 1.807) is 0 Å². The summed E-state index contributed by atoms with van der Waals surface area (Å²) in [6.07, 6.45) is 1.48. The van der Waals surface area contributed by atoms with Crippen molar-refractivity contribution in [2.24, 2.45) is 5.92 Å². The fraction of sp³-hybridized carbons (Fsp3) is 0.533. The van der Waals surface area contributed by atoms with Crippen molar-refractivity contribution >= 4 is 5.91 Å². The first-order valence-corrected chi connectivity index (χ1v) is 6.56. The lowest BCUT2D eigenvalue weighted by molar-refractivity contribution is -0.121. The highest BCUT2D eigenvalue weighted by Gasteiger charge is 2.08. The first-order chi connectivity index (χ1) is 8.58. The van der Waals surface area contributed by atoms with Crippen molar-refractivity contribution in [3.63, 3.8) is 0 Å². The molecule has 0 spiro atoms. The smallest absolute Gasteiger partial charge is 0.220 e. The number of aliphatic hydroxyl groups is 1. The van der Waals surface area contributed by atoms with Crippen molar-refractivity contribution in [3.05, 3.63) is 35.9 Å². The summed E-state index contributed by atoms with van der Waals surface area (Å²) in [5.74, 6) is 0.556. The molecule has 0 aromatic heterocycles. The molecule has 1 amide bonds. The van der Waals surface area contributed by atoms with E-state index in [1.807, 2.05) is 30.3 Å². The highest BCUT2D eigenvalue weighted by molar-refractivity contribution is 5.75. The Kier molecular flexibility index (Phi) is 6.44. The van der Waals surface area contributed by atoms with E-state index in [-0.39, 0.29) is 5.91 Å². The number of hydrogen-bond donors (Lipinski definition) is 2. The lowest BCUT2D eigenvalue weighted by Crippen LogP contribution is -2.33. The lowest BCUT2D eigenvalue weighted by Gasteiger charge is -2.12. The molecule has 0 heterocycles. The predicted molar refractivity (Wildman–Crippen MR) is 73.2 cm³/mol. The molecule has 1 unspecified atom stereocenters. The van der Waals surface area contributed by atoms with E-state index in [0.29, 0.717) is 25.3 Å². The number of carbonyl (C=O) groups is 1. The van der Waals surface area contributed by atoms with Crippen LogP contribution in [-0.2, 0) is 11.2 Å².